The lowest BCUT2D eigenvalue weighted by atomic mass is 10.1. The molecule has 0 aliphatic heterocycles. The molecule has 23 heavy (non-hydrogen) atoms. The number of aliphatic hydroxyl groups excluding tert-OH is 2. The smallest absolute Gasteiger partial charge is 0.240 e. The molecule has 6 heteroatoms. The van der Waals surface area contributed by atoms with Crippen molar-refractivity contribution in [2.45, 2.75) is 81.9 Å². The molecule has 0 bridgehead atoms. The SMILES string of the molecule is C.C.C.C.C#N.CCC(O)CC(C)=O.[2HH].[C-]#[N+]CC(O)CC(C)=O.[HH]. The number of carbonyl (C=O) groups is 2. The third kappa shape index (κ3) is 53.3. The number of nitriles is 1. The predicted molar refractivity (Wildman–Crippen MR) is 102 cm³/mol. The van der Waals surface area contributed by atoms with Crippen LogP contribution in [0, 0.1) is 18.4 Å². The molecule has 0 rings (SSSR count). The van der Waals surface area contributed by atoms with Crippen molar-refractivity contribution in [2.75, 3.05) is 6.54 Å². The molecule has 0 radical (unpaired) electrons. The highest BCUT2D eigenvalue weighted by Crippen LogP contribution is 1.95. The first-order valence-electron chi connectivity index (χ1n) is 5.77. The Kier molecular flexibility index (Phi) is 60.2. The second kappa shape index (κ2) is 32.3. The molecule has 0 aliphatic rings. The van der Waals surface area contributed by atoms with Gasteiger partial charge in [0.2, 0.25) is 6.54 Å². The van der Waals surface area contributed by atoms with Crippen LogP contribution < -0.4 is 0 Å². The number of hydrogen-bond donors (Lipinski definition) is 2. The minimum Gasteiger partial charge on any atom is -0.393 e. The zero-order valence-electron chi connectivity index (χ0n) is 11.7. The van der Waals surface area contributed by atoms with E-state index in [2.05, 4.69) is 11.4 Å². The van der Waals surface area contributed by atoms with E-state index in [9.17, 15) is 9.59 Å². The molecule has 0 fully saturated rings. The quantitative estimate of drug-likeness (QED) is 0.707. The van der Waals surface area contributed by atoms with Crippen LogP contribution in [-0.4, -0.2) is 40.5 Å². The van der Waals surface area contributed by atoms with Crippen LogP contribution in [-0.2, 0) is 9.59 Å². The van der Waals surface area contributed by atoms with Crippen molar-refractivity contribution < 1.29 is 22.7 Å². The van der Waals surface area contributed by atoms with Crippen molar-refractivity contribution in [1.29, 1.82) is 5.26 Å². The first kappa shape index (κ1) is 42.9. The van der Waals surface area contributed by atoms with Gasteiger partial charge in [-0.15, -0.1) is 0 Å². The van der Waals surface area contributed by atoms with Gasteiger partial charge in [0.15, 0.2) is 0 Å². The van der Waals surface area contributed by atoms with Crippen molar-refractivity contribution >= 4 is 11.6 Å². The van der Waals surface area contributed by atoms with Crippen molar-refractivity contribution in [3.63, 3.8) is 0 Å². The molecule has 2 unspecified atom stereocenters. The summed E-state index contributed by atoms with van der Waals surface area (Å²) in [6, 6.07) is 0. The summed E-state index contributed by atoms with van der Waals surface area (Å²) in [5.41, 5.74) is 0. The van der Waals surface area contributed by atoms with E-state index in [1.165, 1.54) is 13.8 Å². The standard InChI is InChI=1S/C6H9NO2.C6H12O2.CHN.4CH4.2H2/c1-5(8)3-6(9)4-7-2;1-3-6(8)4-5(2)7;1-2;;;;;;/h6,9H,3-4H2,1H3;6,8H,3-4H2,1-2H3;1H;4*1H4;2*1H/i;;;;;;;1+1;. The molecular formula is C17H42N2O4. The maximum Gasteiger partial charge on any atom is 0.240 e. The normalized spacial score (nSPS) is 9.48. The van der Waals surface area contributed by atoms with Gasteiger partial charge in [-0.2, -0.15) is 0 Å². The summed E-state index contributed by atoms with van der Waals surface area (Å²) in [6.07, 6.45) is -0.120. The number of Topliss-reactive ketones (excluding diaryl/α,β-unsaturated/α-hetero) is 2. The fraction of sp³-hybridized carbons (Fsp3) is 0.765. The average Bonchev–Trinajstić information content (AvgIpc) is 2.30. The second-order valence-electron chi connectivity index (χ2n) is 3.87. The van der Waals surface area contributed by atoms with E-state index in [1.54, 1.807) is 0 Å². The van der Waals surface area contributed by atoms with Gasteiger partial charge in [-0.05, 0) is 20.3 Å². The van der Waals surface area contributed by atoms with E-state index in [4.69, 9.17) is 22.0 Å². The Morgan fingerprint density at radius 3 is 1.57 bits per heavy atom. The summed E-state index contributed by atoms with van der Waals surface area (Å²) < 4.78 is 0. The largest absolute Gasteiger partial charge is 0.393 e. The summed E-state index contributed by atoms with van der Waals surface area (Å²) >= 11 is 0. The molecule has 0 aromatic rings. The van der Waals surface area contributed by atoms with Gasteiger partial charge < -0.3 is 15.1 Å². The van der Waals surface area contributed by atoms with Crippen LogP contribution in [0.2, 0.25) is 0 Å². The lowest BCUT2D eigenvalue weighted by molar-refractivity contribution is -0.119. The Balaban J connectivity index is -0.0000000218. The van der Waals surface area contributed by atoms with Gasteiger partial charge >= 0.3 is 0 Å². The molecule has 0 saturated carbocycles. The fourth-order valence-electron chi connectivity index (χ4n) is 0.978. The van der Waals surface area contributed by atoms with Gasteiger partial charge in [-0.25, -0.2) is 11.8 Å². The van der Waals surface area contributed by atoms with Gasteiger partial charge in [0.05, 0.1) is 6.10 Å². The topological polar surface area (TPSA) is 103 Å². The molecule has 2 N–H and O–H groups in total. The highest BCUT2D eigenvalue weighted by Gasteiger charge is 2.08. The van der Waals surface area contributed by atoms with E-state index < -0.39 is 12.2 Å². The Hall–Kier alpha value is -1.76. The monoisotopic (exact) mass is 339 g/mol. The summed E-state index contributed by atoms with van der Waals surface area (Å²) in [5, 5.41) is 24.1. The van der Waals surface area contributed by atoms with E-state index in [-0.39, 0.29) is 57.1 Å². The zero-order valence-corrected chi connectivity index (χ0v) is 11.7. The number of carbonyl (C=O) groups excluding carboxylic acids is 2. The van der Waals surface area contributed by atoms with Crippen LogP contribution in [0.25, 0.3) is 4.85 Å². The summed E-state index contributed by atoms with van der Waals surface area (Å²) in [6.45, 7) is 14.6. The highest BCUT2D eigenvalue weighted by molar-refractivity contribution is 5.76. The maximum atomic E-state index is 10.3. The summed E-state index contributed by atoms with van der Waals surface area (Å²) in [4.78, 5) is 23.5. The minimum absolute atomic E-state index is 0. The molecule has 144 valence electrons. The molecule has 2 atom stereocenters. The van der Waals surface area contributed by atoms with Crippen LogP contribution in [0.3, 0.4) is 0 Å². The molecule has 0 aliphatic carbocycles. The fourth-order valence-corrected chi connectivity index (χ4v) is 0.978. The molecule has 0 aromatic carbocycles. The number of aliphatic hydroxyl groups is 2. The van der Waals surface area contributed by atoms with Gasteiger partial charge in [-0.3, -0.25) is 9.59 Å². The van der Waals surface area contributed by atoms with Crippen molar-refractivity contribution in [1.82, 2.24) is 0 Å². The third-order valence-electron chi connectivity index (χ3n) is 1.82. The van der Waals surface area contributed by atoms with Gasteiger partial charge in [-0.1, -0.05) is 36.6 Å². The molecule has 0 aromatic heterocycles. The van der Waals surface area contributed by atoms with E-state index in [0.29, 0.717) is 12.8 Å². The van der Waals surface area contributed by atoms with Gasteiger partial charge in [0.25, 0.3) is 0 Å². The lowest BCUT2D eigenvalue weighted by Crippen LogP contribution is -2.13. The zero-order chi connectivity index (χ0) is 15.8. The molecule has 6 nitrogen and oxygen atoms in total. The van der Waals surface area contributed by atoms with E-state index >= 15 is 0 Å². The van der Waals surface area contributed by atoms with Crippen molar-refractivity contribution in [3.05, 3.63) is 11.4 Å². The molecular weight excluding hydrogens is 296 g/mol. The van der Waals surface area contributed by atoms with Crippen LogP contribution in [0.15, 0.2) is 0 Å². The Labute approximate surface area is 146 Å². The molecule has 0 saturated heterocycles. The number of hydrogen-bond acceptors (Lipinski definition) is 5. The predicted octanol–water partition coefficient (Wildman–Crippen LogP) is 4.16. The van der Waals surface area contributed by atoms with E-state index in [0.717, 1.165) is 0 Å². The maximum absolute atomic E-state index is 10.3. The van der Waals surface area contributed by atoms with E-state index in [1.807, 2.05) is 6.92 Å². The molecule has 0 heterocycles. The second-order valence-corrected chi connectivity index (χ2v) is 3.87. The number of rotatable bonds is 6. The molecule has 0 amide bonds. The first-order chi connectivity index (χ1) is 8.83. The van der Waals surface area contributed by atoms with Crippen LogP contribution in [0.1, 0.15) is 72.6 Å². The van der Waals surface area contributed by atoms with Crippen LogP contribution >= 0.6 is 0 Å². The summed E-state index contributed by atoms with van der Waals surface area (Å²) in [7, 11) is 0. The van der Waals surface area contributed by atoms with Crippen LogP contribution in [0.5, 0.6) is 0 Å². The Bertz CT molecular complexity index is 320. The Morgan fingerprint density at radius 1 is 1.09 bits per heavy atom. The minimum atomic E-state index is -0.764. The lowest BCUT2D eigenvalue weighted by Gasteiger charge is -2.01. The van der Waals surface area contributed by atoms with Gasteiger partial charge in [0.1, 0.15) is 17.7 Å². The summed E-state index contributed by atoms with van der Waals surface area (Å²) in [5.74, 6) is -0.0227. The average molecular weight is 340 g/mol. The van der Waals surface area contributed by atoms with Crippen molar-refractivity contribution in [2.24, 2.45) is 0 Å². The number of nitrogens with zero attached hydrogens (tertiary/aromatic N) is 2. The van der Waals surface area contributed by atoms with Crippen LogP contribution in [0.4, 0.5) is 0 Å². The number of ketones is 2. The molecule has 0 spiro atoms. The first-order valence-corrected chi connectivity index (χ1v) is 5.77. The van der Waals surface area contributed by atoms with Crippen molar-refractivity contribution in [3.8, 4) is 6.57 Å². The Morgan fingerprint density at radius 2 is 1.39 bits per heavy atom. The highest BCUT2D eigenvalue weighted by atomic mass is 16.3. The van der Waals surface area contributed by atoms with Gasteiger partial charge in [0, 0.05) is 22.3 Å². The third-order valence-corrected chi connectivity index (χ3v) is 1.82.